The quantitative estimate of drug-likeness (QED) is 0.756. The Morgan fingerprint density at radius 2 is 2.08 bits per heavy atom. The summed E-state index contributed by atoms with van der Waals surface area (Å²) in [5.74, 6) is -1.04. The Bertz CT molecular complexity index is 965. The largest absolute Gasteiger partial charge is 0.573 e. The molecule has 0 spiro atoms. The zero-order valence-corrected chi connectivity index (χ0v) is 12.5. The summed E-state index contributed by atoms with van der Waals surface area (Å²) >= 11 is 0.964. The molecule has 3 rings (SSSR count). The van der Waals surface area contributed by atoms with Crippen LogP contribution in [0.3, 0.4) is 0 Å². The molecule has 0 aliphatic rings. The summed E-state index contributed by atoms with van der Waals surface area (Å²) in [6, 6.07) is 6.48. The van der Waals surface area contributed by atoms with E-state index in [1.54, 1.807) is 0 Å². The lowest BCUT2D eigenvalue weighted by Gasteiger charge is -2.07. The van der Waals surface area contributed by atoms with E-state index in [0.29, 0.717) is 10.2 Å². The van der Waals surface area contributed by atoms with Crippen LogP contribution in [0, 0.1) is 0 Å². The van der Waals surface area contributed by atoms with Crippen LogP contribution in [-0.4, -0.2) is 22.2 Å². The highest BCUT2D eigenvalue weighted by atomic mass is 32.1. The number of H-pyrrole nitrogens is 1. The molecule has 124 valence electrons. The molecule has 0 saturated heterocycles. The number of amides is 1. The molecule has 2 aromatic heterocycles. The number of benzene rings is 1. The van der Waals surface area contributed by atoms with Crippen molar-refractivity contribution in [3.8, 4) is 5.75 Å². The molecule has 0 bridgehead atoms. The van der Waals surface area contributed by atoms with Gasteiger partial charge in [0.1, 0.15) is 11.3 Å². The first-order valence-corrected chi connectivity index (χ1v) is 7.29. The maximum atomic E-state index is 12.2. The van der Waals surface area contributed by atoms with Crippen molar-refractivity contribution in [3.63, 3.8) is 0 Å². The second kappa shape index (κ2) is 5.96. The molecule has 0 aliphatic carbocycles. The summed E-state index contributed by atoms with van der Waals surface area (Å²) in [5.41, 5.74) is -0.262. The molecule has 0 saturated carbocycles. The van der Waals surface area contributed by atoms with Gasteiger partial charge in [0.05, 0.1) is 10.2 Å². The summed E-state index contributed by atoms with van der Waals surface area (Å²) < 4.78 is 40.9. The number of aromatic nitrogens is 2. The Kier molecular flexibility index (Phi) is 3.97. The number of alkyl halides is 3. The van der Waals surface area contributed by atoms with Crippen LogP contribution in [0.4, 0.5) is 18.3 Å². The topological polar surface area (TPSA) is 84.1 Å². The highest BCUT2D eigenvalue weighted by Gasteiger charge is 2.31. The monoisotopic (exact) mass is 355 g/mol. The number of aromatic amines is 1. The highest BCUT2D eigenvalue weighted by Crippen LogP contribution is 2.31. The first kappa shape index (κ1) is 16.0. The van der Waals surface area contributed by atoms with Crippen LogP contribution in [0.1, 0.15) is 10.4 Å². The molecule has 10 heteroatoms. The number of nitrogens with one attached hydrogen (secondary N) is 2. The van der Waals surface area contributed by atoms with Crippen LogP contribution >= 0.6 is 11.3 Å². The fourth-order valence-corrected chi connectivity index (χ4v) is 2.81. The van der Waals surface area contributed by atoms with E-state index in [0.717, 1.165) is 17.4 Å². The molecule has 0 aliphatic heterocycles. The summed E-state index contributed by atoms with van der Waals surface area (Å²) in [4.78, 5) is 30.0. The van der Waals surface area contributed by atoms with Crippen molar-refractivity contribution in [2.24, 2.45) is 0 Å². The van der Waals surface area contributed by atoms with Gasteiger partial charge in [-0.3, -0.25) is 14.9 Å². The van der Waals surface area contributed by atoms with Gasteiger partial charge in [-0.05, 0) is 24.3 Å². The number of anilines is 1. The van der Waals surface area contributed by atoms with Crippen molar-refractivity contribution >= 4 is 32.6 Å². The highest BCUT2D eigenvalue weighted by molar-refractivity contribution is 7.22. The van der Waals surface area contributed by atoms with E-state index in [-0.39, 0.29) is 16.4 Å². The number of fused-ring (bicyclic) bond motifs is 1. The van der Waals surface area contributed by atoms with Crippen molar-refractivity contribution in [1.82, 2.24) is 9.97 Å². The number of hydrogen-bond donors (Lipinski definition) is 2. The molecule has 3 aromatic rings. The maximum Gasteiger partial charge on any atom is 0.573 e. The van der Waals surface area contributed by atoms with E-state index in [4.69, 9.17) is 0 Å². The van der Waals surface area contributed by atoms with Crippen LogP contribution in [0.5, 0.6) is 5.75 Å². The zero-order chi connectivity index (χ0) is 17.3. The zero-order valence-electron chi connectivity index (χ0n) is 11.7. The molecule has 0 atom stereocenters. The summed E-state index contributed by atoms with van der Waals surface area (Å²) in [6.07, 6.45) is -3.40. The molecule has 1 aromatic carbocycles. The average Bonchev–Trinajstić information content (AvgIpc) is 2.87. The van der Waals surface area contributed by atoms with E-state index in [1.165, 1.54) is 30.5 Å². The number of rotatable bonds is 3. The van der Waals surface area contributed by atoms with Crippen molar-refractivity contribution < 1.29 is 22.7 Å². The van der Waals surface area contributed by atoms with Gasteiger partial charge in [0.25, 0.3) is 11.5 Å². The van der Waals surface area contributed by atoms with Crippen molar-refractivity contribution in [2.45, 2.75) is 6.36 Å². The molecule has 0 radical (unpaired) electrons. The van der Waals surface area contributed by atoms with Gasteiger partial charge in [-0.25, -0.2) is 4.98 Å². The predicted molar refractivity (Wildman–Crippen MR) is 81.3 cm³/mol. The third kappa shape index (κ3) is 3.54. The van der Waals surface area contributed by atoms with Crippen molar-refractivity contribution in [2.75, 3.05) is 5.32 Å². The molecular weight excluding hydrogens is 347 g/mol. The van der Waals surface area contributed by atoms with Gasteiger partial charge in [-0.15, -0.1) is 13.2 Å². The van der Waals surface area contributed by atoms with E-state index < -0.39 is 17.8 Å². The number of pyridine rings is 1. The van der Waals surface area contributed by atoms with Crippen LogP contribution in [0.15, 0.2) is 41.3 Å². The maximum absolute atomic E-state index is 12.2. The van der Waals surface area contributed by atoms with Gasteiger partial charge in [-0.2, -0.15) is 0 Å². The van der Waals surface area contributed by atoms with Gasteiger partial charge in [0.2, 0.25) is 0 Å². The number of halogens is 3. The summed E-state index contributed by atoms with van der Waals surface area (Å²) in [6.45, 7) is 0. The van der Waals surface area contributed by atoms with Crippen molar-refractivity contribution in [1.29, 1.82) is 0 Å². The molecular formula is C14H8F3N3O3S. The fourth-order valence-electron chi connectivity index (χ4n) is 1.92. The van der Waals surface area contributed by atoms with Crippen LogP contribution < -0.4 is 15.6 Å². The van der Waals surface area contributed by atoms with Crippen molar-refractivity contribution in [3.05, 3.63) is 52.4 Å². The smallest absolute Gasteiger partial charge is 0.406 e. The number of nitrogens with zero attached hydrogens (tertiary/aromatic N) is 1. The van der Waals surface area contributed by atoms with Crippen LogP contribution in [0.2, 0.25) is 0 Å². The van der Waals surface area contributed by atoms with E-state index in [9.17, 15) is 22.8 Å². The Hall–Kier alpha value is -2.88. The predicted octanol–water partition coefficient (Wildman–Crippen LogP) is 3.14. The fraction of sp³-hybridized carbons (Fsp3) is 0.0714. The lowest BCUT2D eigenvalue weighted by molar-refractivity contribution is -0.274. The molecule has 24 heavy (non-hydrogen) atoms. The minimum absolute atomic E-state index is 0.0992. The summed E-state index contributed by atoms with van der Waals surface area (Å²) in [5, 5.41) is 2.60. The van der Waals surface area contributed by atoms with E-state index >= 15 is 0 Å². The van der Waals surface area contributed by atoms with E-state index in [2.05, 4.69) is 20.0 Å². The molecule has 6 nitrogen and oxygen atoms in total. The molecule has 0 unspecified atom stereocenters. The standard InChI is InChI=1S/C14H8F3N3O3S/c15-14(16,17)23-7-3-4-9-10(6-7)24-13(19-9)20-12(22)8-2-1-5-18-11(8)21/h1-6H,(H,18,21)(H,19,20,22). The van der Waals surface area contributed by atoms with Gasteiger partial charge < -0.3 is 9.72 Å². The average molecular weight is 355 g/mol. The SMILES string of the molecule is O=C(Nc1nc2ccc(OC(F)(F)F)cc2s1)c1ccc[nH]c1=O. The summed E-state index contributed by atoms with van der Waals surface area (Å²) in [7, 11) is 0. The first-order chi connectivity index (χ1) is 11.3. The molecule has 0 fully saturated rings. The number of ether oxygens (including phenoxy) is 1. The number of thiazole rings is 1. The first-order valence-electron chi connectivity index (χ1n) is 6.47. The van der Waals surface area contributed by atoms with Crippen LogP contribution in [-0.2, 0) is 0 Å². The second-order valence-corrected chi connectivity index (χ2v) is 5.59. The molecule has 2 heterocycles. The third-order valence-electron chi connectivity index (χ3n) is 2.88. The Morgan fingerprint density at radius 1 is 1.29 bits per heavy atom. The van der Waals surface area contributed by atoms with Gasteiger partial charge in [0, 0.05) is 12.3 Å². The second-order valence-electron chi connectivity index (χ2n) is 4.56. The van der Waals surface area contributed by atoms with Gasteiger partial charge in [-0.1, -0.05) is 11.3 Å². The Morgan fingerprint density at radius 3 is 2.79 bits per heavy atom. The number of hydrogen-bond acceptors (Lipinski definition) is 5. The van der Waals surface area contributed by atoms with Gasteiger partial charge in [0.15, 0.2) is 5.13 Å². The molecule has 2 N–H and O–H groups in total. The molecule has 1 amide bonds. The lowest BCUT2D eigenvalue weighted by Crippen LogP contribution is -2.22. The van der Waals surface area contributed by atoms with Crippen LogP contribution in [0.25, 0.3) is 10.2 Å². The Balaban J connectivity index is 1.85. The lowest BCUT2D eigenvalue weighted by atomic mass is 10.3. The normalized spacial score (nSPS) is 11.5. The van der Waals surface area contributed by atoms with E-state index in [1.807, 2.05) is 0 Å². The van der Waals surface area contributed by atoms with Gasteiger partial charge >= 0.3 is 6.36 Å². The number of carbonyl (C=O) groups is 1. The Labute approximate surface area is 135 Å². The minimum Gasteiger partial charge on any atom is -0.406 e. The third-order valence-corrected chi connectivity index (χ3v) is 3.81. The minimum atomic E-state index is -4.79. The number of carbonyl (C=O) groups excluding carboxylic acids is 1.